The number of ketones is 1. The molecule has 0 unspecified atom stereocenters. The summed E-state index contributed by atoms with van der Waals surface area (Å²) >= 11 is 1.38. The van der Waals surface area contributed by atoms with E-state index in [0.29, 0.717) is 15.8 Å². The van der Waals surface area contributed by atoms with E-state index < -0.39 is 5.97 Å². The van der Waals surface area contributed by atoms with Crippen molar-refractivity contribution in [2.75, 3.05) is 6.61 Å². The first-order chi connectivity index (χ1) is 12.0. The average molecular weight is 356 g/mol. The Morgan fingerprint density at radius 3 is 2.76 bits per heavy atom. The molecule has 0 radical (unpaired) electrons. The lowest BCUT2D eigenvalue weighted by atomic mass is 10.2. The molecule has 2 heterocycles. The maximum atomic E-state index is 11.9. The van der Waals surface area contributed by atoms with Gasteiger partial charge < -0.3 is 4.74 Å². The van der Waals surface area contributed by atoms with Crippen molar-refractivity contribution in [1.82, 2.24) is 9.78 Å². The molecule has 3 rings (SSSR count). The number of aromatic nitrogens is 2. The Morgan fingerprint density at radius 1 is 1.20 bits per heavy atom. The highest BCUT2D eigenvalue weighted by molar-refractivity contribution is 7.14. The van der Waals surface area contributed by atoms with Gasteiger partial charge in [-0.15, -0.1) is 11.3 Å². The molecule has 0 aliphatic rings. The fourth-order valence-corrected chi connectivity index (χ4v) is 3.20. The van der Waals surface area contributed by atoms with E-state index in [4.69, 9.17) is 4.74 Å². The summed E-state index contributed by atoms with van der Waals surface area (Å²) in [5.74, 6) is -0.690. The molecule has 0 saturated heterocycles. The number of para-hydroxylation sites is 1. The van der Waals surface area contributed by atoms with Crippen molar-refractivity contribution in [3.63, 3.8) is 0 Å². The van der Waals surface area contributed by atoms with Gasteiger partial charge in [-0.25, -0.2) is 0 Å². The number of ether oxygens (including phenoxy) is 1. The molecule has 0 fully saturated rings. The van der Waals surface area contributed by atoms with Crippen molar-refractivity contribution < 1.29 is 14.3 Å². The maximum absolute atomic E-state index is 11.9. The van der Waals surface area contributed by atoms with Gasteiger partial charge in [0.25, 0.3) is 0 Å². The maximum Gasteiger partial charge on any atom is 0.308 e. The number of esters is 1. The number of benzene rings is 1. The van der Waals surface area contributed by atoms with Crippen LogP contribution in [0.25, 0.3) is 10.9 Å². The Balaban J connectivity index is 1.59. The van der Waals surface area contributed by atoms with Crippen LogP contribution < -0.4 is 5.43 Å². The number of nitrogens with zero attached hydrogens (tertiary/aromatic N) is 2. The molecule has 128 valence electrons. The van der Waals surface area contributed by atoms with Crippen molar-refractivity contribution in [2.24, 2.45) is 0 Å². The minimum atomic E-state index is -0.480. The van der Waals surface area contributed by atoms with E-state index in [0.717, 1.165) is 4.88 Å². The van der Waals surface area contributed by atoms with Crippen LogP contribution in [0.1, 0.15) is 21.0 Å². The van der Waals surface area contributed by atoms with E-state index in [2.05, 4.69) is 5.10 Å². The van der Waals surface area contributed by atoms with Gasteiger partial charge >= 0.3 is 5.97 Å². The normalized spacial score (nSPS) is 10.8. The van der Waals surface area contributed by atoms with Gasteiger partial charge in [0.15, 0.2) is 6.61 Å². The van der Waals surface area contributed by atoms with Gasteiger partial charge in [0.2, 0.25) is 11.2 Å². The number of Topliss-reactive ketones (excluding diaryl/α,β-unsaturated/α-hetero) is 1. The van der Waals surface area contributed by atoms with Crippen molar-refractivity contribution >= 4 is 34.0 Å². The molecular formula is C18H16N2O4S. The van der Waals surface area contributed by atoms with Gasteiger partial charge in [-0.2, -0.15) is 5.10 Å². The van der Waals surface area contributed by atoms with Gasteiger partial charge in [0.05, 0.1) is 29.6 Å². The lowest BCUT2D eigenvalue weighted by molar-refractivity contribution is -0.142. The smallest absolute Gasteiger partial charge is 0.308 e. The van der Waals surface area contributed by atoms with E-state index in [1.54, 1.807) is 35.0 Å². The van der Waals surface area contributed by atoms with Crippen molar-refractivity contribution in [1.29, 1.82) is 0 Å². The zero-order valence-corrected chi connectivity index (χ0v) is 14.4. The second kappa shape index (κ2) is 7.40. The Morgan fingerprint density at radius 2 is 2.00 bits per heavy atom. The minimum absolute atomic E-state index is 0.0661. The number of hydrogen-bond donors (Lipinski definition) is 0. The predicted molar refractivity (Wildman–Crippen MR) is 95.0 cm³/mol. The van der Waals surface area contributed by atoms with Gasteiger partial charge in [0, 0.05) is 10.3 Å². The van der Waals surface area contributed by atoms with Gasteiger partial charge in [-0.05, 0) is 31.2 Å². The summed E-state index contributed by atoms with van der Waals surface area (Å²) in [6.45, 7) is 1.91. The number of thiophene rings is 1. The number of carbonyl (C=O) groups is 2. The fraction of sp³-hybridized carbons (Fsp3) is 0.222. The van der Waals surface area contributed by atoms with Gasteiger partial charge in [-0.3, -0.25) is 19.1 Å². The number of carbonyl (C=O) groups excluding carboxylic acids is 2. The highest BCUT2D eigenvalue weighted by Gasteiger charge is 2.12. The molecule has 0 spiro atoms. The van der Waals surface area contributed by atoms with Crippen LogP contribution in [0.2, 0.25) is 0 Å². The topological polar surface area (TPSA) is 78.3 Å². The molecular weight excluding hydrogens is 340 g/mol. The Kier molecular flexibility index (Phi) is 5.04. The fourth-order valence-electron chi connectivity index (χ4n) is 2.41. The summed E-state index contributed by atoms with van der Waals surface area (Å²) in [5.41, 5.74) is 0.499. The second-order valence-corrected chi connectivity index (χ2v) is 6.78. The van der Waals surface area contributed by atoms with Crippen molar-refractivity contribution in [3.8, 4) is 0 Å². The molecule has 0 atom stereocenters. The Labute approximate surface area is 147 Å². The average Bonchev–Trinajstić information content (AvgIpc) is 3.06. The molecule has 0 N–H and O–H groups in total. The molecule has 0 bridgehead atoms. The van der Waals surface area contributed by atoms with Crippen LogP contribution in [-0.2, 0) is 16.1 Å². The van der Waals surface area contributed by atoms with E-state index in [1.165, 1.54) is 17.5 Å². The largest absolute Gasteiger partial charge is 0.457 e. The molecule has 0 aliphatic heterocycles. The number of rotatable bonds is 6. The molecule has 6 nitrogen and oxygen atoms in total. The quantitative estimate of drug-likeness (QED) is 0.501. The first-order valence-electron chi connectivity index (χ1n) is 7.75. The lowest BCUT2D eigenvalue weighted by Crippen LogP contribution is -2.17. The molecule has 7 heteroatoms. The summed E-state index contributed by atoms with van der Waals surface area (Å²) in [5, 5.41) is 4.61. The molecule has 0 saturated carbocycles. The first kappa shape index (κ1) is 17.0. The van der Waals surface area contributed by atoms with E-state index in [1.807, 2.05) is 13.0 Å². The summed E-state index contributed by atoms with van der Waals surface area (Å²) in [4.78, 5) is 37.2. The van der Waals surface area contributed by atoms with E-state index >= 15 is 0 Å². The molecule has 25 heavy (non-hydrogen) atoms. The lowest BCUT2D eigenvalue weighted by Gasteiger charge is -2.08. The summed E-state index contributed by atoms with van der Waals surface area (Å²) < 4.78 is 6.63. The molecule has 3 aromatic rings. The second-order valence-electron chi connectivity index (χ2n) is 5.49. The molecule has 0 aliphatic carbocycles. The van der Waals surface area contributed by atoms with Crippen LogP contribution in [0.3, 0.4) is 0 Å². The van der Waals surface area contributed by atoms with Crippen LogP contribution in [-0.4, -0.2) is 28.1 Å². The summed E-state index contributed by atoms with van der Waals surface area (Å²) in [7, 11) is 0. The minimum Gasteiger partial charge on any atom is -0.457 e. The first-order valence-corrected chi connectivity index (χ1v) is 8.56. The monoisotopic (exact) mass is 356 g/mol. The van der Waals surface area contributed by atoms with Crippen LogP contribution >= 0.6 is 11.3 Å². The Bertz CT molecular complexity index is 990. The van der Waals surface area contributed by atoms with E-state index in [9.17, 15) is 14.4 Å². The summed E-state index contributed by atoms with van der Waals surface area (Å²) in [6.07, 6.45) is 1.30. The number of hydrogen-bond acceptors (Lipinski definition) is 6. The Hall–Kier alpha value is -2.80. The zero-order chi connectivity index (χ0) is 17.8. The SMILES string of the molecule is Cc1ccc(C(=O)COC(=O)CCn2ncc(=O)c3ccccc32)s1. The van der Waals surface area contributed by atoms with E-state index in [-0.39, 0.29) is 30.8 Å². The number of fused-ring (bicyclic) bond motifs is 1. The highest BCUT2D eigenvalue weighted by Crippen LogP contribution is 2.15. The molecule has 0 amide bonds. The van der Waals surface area contributed by atoms with Gasteiger partial charge in [-0.1, -0.05) is 12.1 Å². The van der Waals surface area contributed by atoms with Crippen LogP contribution in [0.15, 0.2) is 47.4 Å². The highest BCUT2D eigenvalue weighted by atomic mass is 32.1. The zero-order valence-electron chi connectivity index (χ0n) is 13.6. The van der Waals surface area contributed by atoms with Crippen LogP contribution in [0.4, 0.5) is 0 Å². The van der Waals surface area contributed by atoms with Gasteiger partial charge in [0.1, 0.15) is 0 Å². The standard InChI is InChI=1S/C18H16N2O4S/c1-12-6-7-17(25-12)16(22)11-24-18(23)8-9-20-14-5-3-2-4-13(14)15(21)10-19-20/h2-7,10H,8-9,11H2,1H3. The molecule has 1 aromatic carbocycles. The third-order valence-corrected chi connectivity index (χ3v) is 4.71. The van der Waals surface area contributed by atoms with Crippen molar-refractivity contribution in [2.45, 2.75) is 19.9 Å². The third-order valence-electron chi connectivity index (χ3n) is 3.67. The van der Waals surface area contributed by atoms with Crippen LogP contribution in [0.5, 0.6) is 0 Å². The van der Waals surface area contributed by atoms with Crippen molar-refractivity contribution in [3.05, 3.63) is 62.6 Å². The number of aryl methyl sites for hydroxylation is 2. The predicted octanol–water partition coefficient (Wildman–Crippen LogP) is 2.58. The van der Waals surface area contributed by atoms with Crippen LogP contribution in [0, 0.1) is 6.92 Å². The molecule has 2 aromatic heterocycles. The third kappa shape index (κ3) is 4.00. The summed E-state index contributed by atoms with van der Waals surface area (Å²) in [6, 6.07) is 10.7.